The van der Waals surface area contributed by atoms with Gasteiger partial charge in [-0.2, -0.15) is 0 Å². The van der Waals surface area contributed by atoms with Gasteiger partial charge in [0, 0.05) is 18.3 Å². The van der Waals surface area contributed by atoms with Gasteiger partial charge in [-0.1, -0.05) is 13.3 Å². The maximum absolute atomic E-state index is 13.4. The summed E-state index contributed by atoms with van der Waals surface area (Å²) in [7, 11) is 0. The minimum atomic E-state index is -0.156. The third-order valence-electron chi connectivity index (χ3n) is 4.01. The van der Waals surface area contributed by atoms with Crippen molar-refractivity contribution in [2.24, 2.45) is 5.73 Å². The minimum absolute atomic E-state index is 0.156. The van der Waals surface area contributed by atoms with Gasteiger partial charge >= 0.3 is 0 Å². The molecule has 1 aromatic carbocycles. The molecule has 0 amide bonds. The maximum Gasteiger partial charge on any atom is 0.123 e. The molecule has 3 heteroatoms. The minimum Gasteiger partial charge on any atom is -0.368 e. The third kappa shape index (κ3) is 3.47. The van der Waals surface area contributed by atoms with Gasteiger partial charge in [-0.25, -0.2) is 4.39 Å². The molecule has 1 aromatic rings. The van der Waals surface area contributed by atoms with Crippen LogP contribution < -0.4 is 10.6 Å². The fourth-order valence-electron chi connectivity index (χ4n) is 3.14. The van der Waals surface area contributed by atoms with Crippen molar-refractivity contribution in [2.45, 2.75) is 51.5 Å². The van der Waals surface area contributed by atoms with Crippen molar-refractivity contribution >= 4 is 5.69 Å². The van der Waals surface area contributed by atoms with Gasteiger partial charge in [0.1, 0.15) is 5.82 Å². The Balaban J connectivity index is 2.27. The van der Waals surface area contributed by atoms with E-state index in [9.17, 15) is 4.39 Å². The predicted molar refractivity (Wildman–Crippen MR) is 79.1 cm³/mol. The van der Waals surface area contributed by atoms with Crippen LogP contribution >= 0.6 is 0 Å². The Morgan fingerprint density at radius 2 is 2.21 bits per heavy atom. The largest absolute Gasteiger partial charge is 0.368 e. The van der Waals surface area contributed by atoms with Crippen molar-refractivity contribution in [3.63, 3.8) is 0 Å². The van der Waals surface area contributed by atoms with Gasteiger partial charge in [0.15, 0.2) is 0 Å². The Kier molecular flexibility index (Phi) is 5.20. The Morgan fingerprint density at radius 1 is 1.37 bits per heavy atom. The summed E-state index contributed by atoms with van der Waals surface area (Å²) >= 11 is 0. The van der Waals surface area contributed by atoms with Crippen LogP contribution in [0.15, 0.2) is 18.2 Å². The van der Waals surface area contributed by atoms with E-state index >= 15 is 0 Å². The Labute approximate surface area is 115 Å². The van der Waals surface area contributed by atoms with Crippen LogP contribution in [0, 0.1) is 5.82 Å². The number of halogens is 1. The molecule has 1 unspecified atom stereocenters. The van der Waals surface area contributed by atoms with Crippen LogP contribution in [0.5, 0.6) is 0 Å². The monoisotopic (exact) mass is 264 g/mol. The summed E-state index contributed by atoms with van der Waals surface area (Å²) in [6.45, 7) is 3.90. The standard InChI is InChI=1S/C16H25FN2/c1-2-5-15-6-3-4-11-19(15)16-8-7-14(17)12-13(16)9-10-18/h7-8,12,15H,2-6,9-11,18H2,1H3. The molecule has 0 aliphatic carbocycles. The van der Waals surface area contributed by atoms with Crippen LogP contribution in [-0.2, 0) is 6.42 Å². The Morgan fingerprint density at radius 3 is 2.95 bits per heavy atom. The van der Waals surface area contributed by atoms with Crippen molar-refractivity contribution in [3.05, 3.63) is 29.6 Å². The van der Waals surface area contributed by atoms with E-state index in [1.165, 1.54) is 37.8 Å². The zero-order valence-electron chi connectivity index (χ0n) is 11.9. The number of piperidine rings is 1. The molecule has 0 aromatic heterocycles. The topological polar surface area (TPSA) is 29.3 Å². The summed E-state index contributed by atoms with van der Waals surface area (Å²) in [5.41, 5.74) is 7.92. The lowest BCUT2D eigenvalue weighted by molar-refractivity contribution is 0.433. The van der Waals surface area contributed by atoms with E-state index in [2.05, 4.69) is 11.8 Å². The molecule has 1 aliphatic rings. The normalized spacial score (nSPS) is 19.7. The van der Waals surface area contributed by atoms with Gasteiger partial charge in [-0.15, -0.1) is 0 Å². The van der Waals surface area contributed by atoms with Crippen molar-refractivity contribution in [2.75, 3.05) is 18.0 Å². The molecule has 1 saturated heterocycles. The summed E-state index contributed by atoms with van der Waals surface area (Å²) < 4.78 is 13.4. The number of rotatable bonds is 5. The zero-order valence-corrected chi connectivity index (χ0v) is 11.9. The van der Waals surface area contributed by atoms with Crippen LogP contribution in [0.1, 0.15) is 44.6 Å². The van der Waals surface area contributed by atoms with Crippen molar-refractivity contribution in [1.82, 2.24) is 0 Å². The molecule has 2 rings (SSSR count). The fraction of sp³-hybridized carbons (Fsp3) is 0.625. The van der Waals surface area contributed by atoms with E-state index in [-0.39, 0.29) is 5.82 Å². The number of benzene rings is 1. The molecule has 0 spiro atoms. The van der Waals surface area contributed by atoms with Gasteiger partial charge in [0.2, 0.25) is 0 Å². The average Bonchev–Trinajstić information content (AvgIpc) is 2.41. The molecule has 2 N–H and O–H groups in total. The molecule has 1 aliphatic heterocycles. The van der Waals surface area contributed by atoms with Gasteiger partial charge in [0.25, 0.3) is 0 Å². The average molecular weight is 264 g/mol. The van der Waals surface area contributed by atoms with Crippen LogP contribution in [0.2, 0.25) is 0 Å². The molecule has 19 heavy (non-hydrogen) atoms. The summed E-state index contributed by atoms with van der Waals surface area (Å²) in [5, 5.41) is 0. The van der Waals surface area contributed by atoms with Gasteiger partial charge in [-0.05, 0) is 62.4 Å². The number of hydrogen-bond donors (Lipinski definition) is 1. The van der Waals surface area contributed by atoms with Crippen LogP contribution in [-0.4, -0.2) is 19.1 Å². The highest BCUT2D eigenvalue weighted by molar-refractivity contribution is 5.55. The number of nitrogens with two attached hydrogens (primary N) is 1. The highest BCUT2D eigenvalue weighted by Crippen LogP contribution is 2.30. The van der Waals surface area contributed by atoms with Crippen molar-refractivity contribution in [1.29, 1.82) is 0 Å². The third-order valence-corrected chi connectivity index (χ3v) is 4.01. The first-order valence-electron chi connectivity index (χ1n) is 7.51. The fourth-order valence-corrected chi connectivity index (χ4v) is 3.14. The van der Waals surface area contributed by atoms with E-state index < -0.39 is 0 Å². The first kappa shape index (κ1) is 14.3. The molecule has 106 valence electrons. The molecule has 1 fully saturated rings. The lowest BCUT2D eigenvalue weighted by atomic mass is 9.96. The van der Waals surface area contributed by atoms with Crippen molar-refractivity contribution in [3.8, 4) is 0 Å². The molecular weight excluding hydrogens is 239 g/mol. The second-order valence-electron chi connectivity index (χ2n) is 5.44. The predicted octanol–water partition coefficient (Wildman–Crippen LogP) is 3.49. The summed E-state index contributed by atoms with van der Waals surface area (Å²) in [5.74, 6) is -0.156. The lowest BCUT2D eigenvalue weighted by Crippen LogP contribution is -2.40. The molecule has 0 radical (unpaired) electrons. The van der Waals surface area contributed by atoms with Gasteiger partial charge in [-0.3, -0.25) is 0 Å². The highest BCUT2D eigenvalue weighted by atomic mass is 19.1. The molecular formula is C16H25FN2. The number of nitrogens with zero attached hydrogens (tertiary/aromatic N) is 1. The summed E-state index contributed by atoms with van der Waals surface area (Å²) in [6.07, 6.45) is 6.98. The lowest BCUT2D eigenvalue weighted by Gasteiger charge is -2.39. The summed E-state index contributed by atoms with van der Waals surface area (Å²) in [4.78, 5) is 2.48. The maximum atomic E-state index is 13.4. The van der Waals surface area contributed by atoms with E-state index in [0.29, 0.717) is 12.6 Å². The van der Waals surface area contributed by atoms with E-state index in [0.717, 1.165) is 18.5 Å². The second-order valence-corrected chi connectivity index (χ2v) is 5.44. The van der Waals surface area contributed by atoms with Crippen LogP contribution in [0.3, 0.4) is 0 Å². The number of anilines is 1. The zero-order chi connectivity index (χ0) is 13.7. The van der Waals surface area contributed by atoms with Crippen LogP contribution in [0.4, 0.5) is 10.1 Å². The molecule has 2 nitrogen and oxygen atoms in total. The smallest absolute Gasteiger partial charge is 0.123 e. The molecule has 0 saturated carbocycles. The highest BCUT2D eigenvalue weighted by Gasteiger charge is 2.23. The Hall–Kier alpha value is -1.09. The van der Waals surface area contributed by atoms with Crippen molar-refractivity contribution < 1.29 is 4.39 Å². The molecule has 1 atom stereocenters. The molecule has 0 bridgehead atoms. The van der Waals surface area contributed by atoms with E-state index in [1.54, 1.807) is 12.1 Å². The quantitative estimate of drug-likeness (QED) is 0.882. The second kappa shape index (κ2) is 6.90. The first-order chi connectivity index (χ1) is 9.26. The SMILES string of the molecule is CCCC1CCCCN1c1ccc(F)cc1CCN. The van der Waals surface area contributed by atoms with E-state index in [1.807, 2.05) is 6.07 Å². The van der Waals surface area contributed by atoms with Gasteiger partial charge in [0.05, 0.1) is 0 Å². The van der Waals surface area contributed by atoms with E-state index in [4.69, 9.17) is 5.73 Å². The Bertz CT molecular complexity index is 404. The number of hydrogen-bond acceptors (Lipinski definition) is 2. The molecule has 1 heterocycles. The first-order valence-corrected chi connectivity index (χ1v) is 7.51. The summed E-state index contributed by atoms with van der Waals surface area (Å²) in [6, 6.07) is 5.78. The van der Waals surface area contributed by atoms with Gasteiger partial charge < -0.3 is 10.6 Å². The van der Waals surface area contributed by atoms with Crippen LogP contribution in [0.25, 0.3) is 0 Å².